The molecule has 6 aliphatic heterocycles. The monoisotopic (exact) mass is 1500 g/mol. The van der Waals surface area contributed by atoms with E-state index < -0.39 is 5.24 Å². The van der Waals surface area contributed by atoms with Gasteiger partial charge in [-0.2, -0.15) is 19.9 Å². The Hall–Kier alpha value is -8.00. The lowest BCUT2D eigenvalue weighted by molar-refractivity contribution is -0.126. The lowest BCUT2D eigenvalue weighted by Gasteiger charge is -2.38. The van der Waals surface area contributed by atoms with E-state index in [-0.39, 0.29) is 38.8 Å². The third kappa shape index (κ3) is 24.8. The summed E-state index contributed by atoms with van der Waals surface area (Å²) in [6, 6.07) is 27.7. The maximum absolute atomic E-state index is 12.9. The van der Waals surface area contributed by atoms with Gasteiger partial charge in [-0.1, -0.05) is 91.2 Å². The Morgan fingerprint density at radius 1 is 0.552 bits per heavy atom. The SMILES string of the molecule is C.C.C=CC(=O)Cl.C=CC(=O)N1CCN(c2nc(OCCCN3CCOCC3)nc3c2CCN(c2cc(C)cc4cccnc24)C3)CC1.CCN(CC)CC.Cc1cc(N2CCc3c(nc(OCCCN4CCOCC4)nc3N3CCN(C(=O)OCc4ccccc4)CC3)C2)c2ncccc2c1.ClCCl. The number of hydrogen-bond acceptors (Lipinski definition) is 21. The molecule has 0 N–H and O–H groups in total. The Morgan fingerprint density at radius 3 is 1.38 bits per heavy atom. The fourth-order valence-electron chi connectivity index (χ4n) is 13.4. The van der Waals surface area contributed by atoms with Gasteiger partial charge < -0.3 is 58.0 Å². The zero-order chi connectivity index (χ0) is 72.9. The van der Waals surface area contributed by atoms with E-state index in [0.717, 1.165) is 191 Å². The number of nitrogens with zero attached hydrogens (tertiary/aromatic N) is 15. The molecular weight excluding hydrogens is 1390 g/mol. The fourth-order valence-corrected chi connectivity index (χ4v) is 13.4. The van der Waals surface area contributed by atoms with E-state index in [1.54, 1.807) is 4.90 Å². The molecular formula is C79H110Cl3N15O8. The molecule has 0 spiro atoms. The second-order valence-corrected chi connectivity index (χ2v) is 26.8. The topological polar surface area (TPSA) is 204 Å². The summed E-state index contributed by atoms with van der Waals surface area (Å²) in [7, 11) is 0. The average Bonchev–Trinajstić information content (AvgIpc) is 0.775. The van der Waals surface area contributed by atoms with Crippen LogP contribution in [0.5, 0.6) is 12.0 Å². The molecule has 4 saturated heterocycles. The van der Waals surface area contributed by atoms with E-state index in [0.29, 0.717) is 77.6 Å². The molecule has 0 atom stereocenters. The molecule has 23 nitrogen and oxygen atoms in total. The number of aryl methyl sites for hydroxylation is 2. The predicted molar refractivity (Wildman–Crippen MR) is 425 cm³/mol. The second-order valence-electron chi connectivity index (χ2n) is 25.6. The molecule has 105 heavy (non-hydrogen) atoms. The first-order valence-corrected chi connectivity index (χ1v) is 37.6. The van der Waals surface area contributed by atoms with Crippen molar-refractivity contribution in [3.63, 3.8) is 0 Å². The number of benzene rings is 3. The molecule has 4 fully saturated rings. The van der Waals surface area contributed by atoms with Crippen molar-refractivity contribution in [1.82, 2.24) is 54.4 Å². The Labute approximate surface area is 637 Å². The van der Waals surface area contributed by atoms with Crippen LogP contribution in [0.1, 0.15) is 87.7 Å². The highest BCUT2D eigenvalue weighted by atomic mass is 35.5. The number of ether oxygens (including phenoxy) is 5. The molecule has 26 heteroatoms. The van der Waals surface area contributed by atoms with Crippen LogP contribution in [0.4, 0.5) is 27.8 Å². The number of halogens is 3. The number of pyridine rings is 2. The smallest absolute Gasteiger partial charge is 0.410 e. The first-order valence-electron chi connectivity index (χ1n) is 36.1. The largest absolute Gasteiger partial charge is 0.463 e. The van der Waals surface area contributed by atoms with Crippen molar-refractivity contribution in [1.29, 1.82) is 0 Å². The maximum Gasteiger partial charge on any atom is 0.410 e. The van der Waals surface area contributed by atoms with Gasteiger partial charge in [-0.3, -0.25) is 29.4 Å². The van der Waals surface area contributed by atoms with Crippen LogP contribution in [-0.2, 0) is 56.3 Å². The molecule has 0 bridgehead atoms. The summed E-state index contributed by atoms with van der Waals surface area (Å²) >= 11 is 14.2. The lowest BCUT2D eigenvalue weighted by Crippen LogP contribution is -2.49. The van der Waals surface area contributed by atoms with Crippen LogP contribution >= 0.6 is 34.8 Å². The normalized spacial score (nSPS) is 15.8. The summed E-state index contributed by atoms with van der Waals surface area (Å²) < 4.78 is 29.0. The standard InChI is InChI=1S/C36H43N7O4.C31H39N7O3.C6H15N.C3H3ClO.CH2Cl2.2CH4/c1-27-23-29-9-5-11-37-33(29)32(24-27)43-13-10-30-31(25-43)38-35(46-20-6-12-40-18-21-45-22-19-40)39-34(30)41-14-16-42(17-15-41)36(44)47-26-28-7-3-2-4-8-28;1-3-28(39)36-11-13-37(14-12-36)30-25-7-10-38(27-21-23(2)20-24-6-4-8-32-29(24)27)22-26(25)33-31(34-30)41-17-5-9-35-15-18-40-19-16-35;1-4-7(5-2)6-3;1-2-3(4)5;2-1-3;;/h2-5,7-9,11,23-24H,6,10,12-22,25-26H2,1H3;3-4,6,8,20-21H,1,5,7,9-19,22H2,2H3;4-6H2,1-3H3;2H,1H2;1H2;2*1H4. The molecule has 0 radical (unpaired) electrons. The van der Waals surface area contributed by atoms with Crippen LogP contribution < -0.4 is 29.1 Å². The molecule has 4 aromatic heterocycles. The van der Waals surface area contributed by atoms with Crippen LogP contribution in [0.15, 0.2) is 117 Å². The van der Waals surface area contributed by atoms with Gasteiger partial charge in [0.1, 0.15) is 18.2 Å². The molecule has 6 aliphatic rings. The third-order valence-corrected chi connectivity index (χ3v) is 19.1. The van der Waals surface area contributed by atoms with Crippen molar-refractivity contribution < 1.29 is 38.1 Å². The van der Waals surface area contributed by atoms with E-state index in [1.165, 1.54) is 42.4 Å². The maximum atomic E-state index is 12.9. The highest BCUT2D eigenvalue weighted by molar-refractivity contribution is 6.66. The molecule has 0 aliphatic carbocycles. The first kappa shape index (κ1) is 84.3. The predicted octanol–water partition coefficient (Wildman–Crippen LogP) is 12.3. The number of rotatable bonds is 21. The number of allylic oxidation sites excluding steroid dienone is 1. The van der Waals surface area contributed by atoms with Gasteiger partial charge in [0.05, 0.1) is 91.9 Å². The molecule has 7 aromatic rings. The number of morpholine rings is 2. The highest BCUT2D eigenvalue weighted by Gasteiger charge is 2.32. The number of carbonyl (C=O) groups is 3. The summed E-state index contributed by atoms with van der Waals surface area (Å²) in [4.78, 5) is 84.0. The average molecular weight is 1500 g/mol. The van der Waals surface area contributed by atoms with E-state index >= 15 is 0 Å². The first-order chi connectivity index (χ1) is 50.2. The summed E-state index contributed by atoms with van der Waals surface area (Å²) in [5.41, 5.74) is 12.0. The molecule has 3 aromatic carbocycles. The summed E-state index contributed by atoms with van der Waals surface area (Å²) in [5, 5.41) is 1.97. The number of carbonyl (C=O) groups excluding carboxylic acids is 3. The van der Waals surface area contributed by atoms with E-state index in [1.807, 2.05) is 59.8 Å². The number of fused-ring (bicyclic) bond motifs is 4. The van der Waals surface area contributed by atoms with Crippen molar-refractivity contribution in [2.75, 3.05) is 189 Å². The fraction of sp³-hybridized carbons (Fsp3) is 0.506. The molecule has 0 saturated carbocycles. The van der Waals surface area contributed by atoms with Gasteiger partial charge in [-0.15, -0.1) is 23.2 Å². The minimum absolute atomic E-state index is 0. The van der Waals surface area contributed by atoms with Crippen molar-refractivity contribution in [2.45, 2.75) is 94.9 Å². The lowest BCUT2D eigenvalue weighted by atomic mass is 10.0. The number of amides is 2. The van der Waals surface area contributed by atoms with Crippen molar-refractivity contribution in [2.24, 2.45) is 0 Å². The second kappa shape index (κ2) is 44.2. The minimum Gasteiger partial charge on any atom is -0.463 e. The summed E-state index contributed by atoms with van der Waals surface area (Å²) in [6.07, 6.45) is 9.32. The van der Waals surface area contributed by atoms with Crippen molar-refractivity contribution in [3.8, 4) is 12.0 Å². The number of aromatic nitrogens is 6. The quantitative estimate of drug-likeness (QED) is 0.0284. The zero-order valence-corrected chi connectivity index (χ0v) is 62.9. The summed E-state index contributed by atoms with van der Waals surface area (Å²) in [5.74, 6) is 1.84. The highest BCUT2D eigenvalue weighted by Crippen LogP contribution is 2.37. The van der Waals surface area contributed by atoms with Crippen LogP contribution in [0.2, 0.25) is 0 Å². The summed E-state index contributed by atoms with van der Waals surface area (Å²) in [6.45, 7) is 39.7. The molecule has 2 amide bonds. The van der Waals surface area contributed by atoms with Crippen LogP contribution in [0.25, 0.3) is 21.8 Å². The Morgan fingerprint density at radius 2 is 0.981 bits per heavy atom. The Bertz CT molecular complexity index is 3850. The number of hydrogen-bond donors (Lipinski definition) is 0. The Kier molecular flexibility index (Phi) is 35.5. The zero-order valence-electron chi connectivity index (χ0n) is 60.7. The molecule has 10 heterocycles. The van der Waals surface area contributed by atoms with Gasteiger partial charge >= 0.3 is 18.1 Å². The third-order valence-electron chi connectivity index (χ3n) is 18.9. The number of anilines is 4. The van der Waals surface area contributed by atoms with E-state index in [4.69, 9.17) is 88.4 Å². The van der Waals surface area contributed by atoms with Crippen LogP contribution in [0, 0.1) is 13.8 Å². The number of piperazine rings is 2. The van der Waals surface area contributed by atoms with Gasteiger partial charge in [0.15, 0.2) is 0 Å². The van der Waals surface area contributed by atoms with Crippen LogP contribution in [-0.4, -0.2) is 241 Å². The van der Waals surface area contributed by atoms with Crippen molar-refractivity contribution >= 4 is 96.9 Å². The molecule has 13 rings (SSSR count). The van der Waals surface area contributed by atoms with Crippen molar-refractivity contribution in [3.05, 3.63) is 156 Å². The van der Waals surface area contributed by atoms with Gasteiger partial charge in [-0.25, -0.2) is 4.79 Å². The molecule has 0 unspecified atom stereocenters. The number of alkyl halides is 2. The molecule has 570 valence electrons. The van der Waals surface area contributed by atoms with Gasteiger partial charge in [0.2, 0.25) is 11.1 Å². The Balaban J connectivity index is 0.000000243. The minimum atomic E-state index is -0.509. The van der Waals surface area contributed by atoms with Gasteiger partial charge in [0.25, 0.3) is 0 Å². The van der Waals surface area contributed by atoms with Crippen LogP contribution in [0.3, 0.4) is 0 Å². The van der Waals surface area contributed by atoms with Gasteiger partial charge in [-0.05, 0) is 136 Å². The van der Waals surface area contributed by atoms with E-state index in [2.05, 4.69) is 118 Å². The van der Waals surface area contributed by atoms with Gasteiger partial charge in [0, 0.05) is 139 Å². The van der Waals surface area contributed by atoms with E-state index in [9.17, 15) is 14.4 Å².